The van der Waals surface area contributed by atoms with Crippen LogP contribution in [-0.4, -0.2) is 58.1 Å². The van der Waals surface area contributed by atoms with Gasteiger partial charge in [0.1, 0.15) is 6.61 Å². The Morgan fingerprint density at radius 1 is 1.25 bits per heavy atom. The average Bonchev–Trinajstić information content (AvgIpc) is 2.96. The predicted octanol–water partition coefficient (Wildman–Crippen LogP) is 2.09. The first kappa shape index (κ1) is 15.1. The summed E-state index contributed by atoms with van der Waals surface area (Å²) in [6.45, 7) is 5.78. The average molecular weight is 324 g/mol. The highest BCUT2D eigenvalue weighted by atomic mass is 16.6. The fourth-order valence-electron chi connectivity index (χ4n) is 3.32. The van der Waals surface area contributed by atoms with Crippen LogP contribution >= 0.6 is 0 Å². The van der Waals surface area contributed by atoms with Gasteiger partial charge in [0.2, 0.25) is 0 Å². The summed E-state index contributed by atoms with van der Waals surface area (Å²) in [6, 6.07) is 8.38. The lowest BCUT2D eigenvalue weighted by molar-refractivity contribution is 0.115. The molecule has 1 atom stereocenters. The Labute approximate surface area is 141 Å². The number of hydrogen-bond acceptors (Lipinski definition) is 5. The molecule has 2 saturated heterocycles. The topological polar surface area (TPSA) is 58.6 Å². The quantitative estimate of drug-likeness (QED) is 0.865. The second-order valence-corrected chi connectivity index (χ2v) is 6.44. The number of ether oxygens (including phenoxy) is 1. The Morgan fingerprint density at radius 3 is 2.88 bits per heavy atom. The molecule has 0 aliphatic carbocycles. The monoisotopic (exact) mass is 324 g/mol. The first-order chi connectivity index (χ1) is 11.7. The van der Waals surface area contributed by atoms with Crippen molar-refractivity contribution in [3.05, 3.63) is 47.8 Å². The lowest BCUT2D eigenvalue weighted by atomic mass is 10.1. The van der Waals surface area contributed by atoms with E-state index in [0.717, 1.165) is 43.1 Å². The van der Waals surface area contributed by atoms with Gasteiger partial charge < -0.3 is 4.74 Å². The van der Waals surface area contributed by atoms with Crippen LogP contribution in [0.1, 0.15) is 11.1 Å². The van der Waals surface area contributed by atoms with E-state index in [1.165, 1.54) is 5.56 Å². The van der Waals surface area contributed by atoms with Crippen molar-refractivity contribution >= 4 is 6.09 Å². The molecule has 0 bridgehead atoms. The zero-order valence-electron chi connectivity index (χ0n) is 13.7. The van der Waals surface area contributed by atoms with Crippen LogP contribution in [-0.2, 0) is 11.3 Å². The largest absolute Gasteiger partial charge is 0.447 e. The van der Waals surface area contributed by atoms with Crippen molar-refractivity contribution in [1.29, 1.82) is 0 Å². The molecule has 2 fully saturated rings. The first-order valence-corrected chi connectivity index (χ1v) is 8.23. The van der Waals surface area contributed by atoms with Gasteiger partial charge in [-0.3, -0.25) is 9.80 Å². The predicted molar refractivity (Wildman–Crippen MR) is 89.3 cm³/mol. The Hall–Kier alpha value is -2.47. The summed E-state index contributed by atoms with van der Waals surface area (Å²) in [5.41, 5.74) is 3.33. The van der Waals surface area contributed by atoms with Crippen LogP contribution in [0.4, 0.5) is 4.79 Å². The number of benzene rings is 1. The van der Waals surface area contributed by atoms with Crippen molar-refractivity contribution in [3.8, 4) is 11.4 Å². The molecule has 0 spiro atoms. The molecule has 6 heteroatoms. The maximum absolute atomic E-state index is 11.5. The summed E-state index contributed by atoms with van der Waals surface area (Å²) in [5.74, 6) is 0.752. The molecule has 0 saturated carbocycles. The van der Waals surface area contributed by atoms with Crippen molar-refractivity contribution in [2.75, 3.05) is 26.2 Å². The highest BCUT2D eigenvalue weighted by molar-refractivity contribution is 5.70. The van der Waals surface area contributed by atoms with Gasteiger partial charge in [-0.05, 0) is 13.0 Å². The molecule has 2 aliphatic heterocycles. The molecule has 4 rings (SSSR count). The van der Waals surface area contributed by atoms with Gasteiger partial charge in [-0.15, -0.1) is 0 Å². The number of carbonyl (C=O) groups excluding carboxylic acids is 1. The lowest BCUT2D eigenvalue weighted by Crippen LogP contribution is -2.51. The fourth-order valence-corrected chi connectivity index (χ4v) is 3.32. The molecule has 0 N–H and O–H groups in total. The third kappa shape index (κ3) is 2.97. The summed E-state index contributed by atoms with van der Waals surface area (Å²) in [6.07, 6.45) is 3.62. The molecule has 124 valence electrons. The van der Waals surface area contributed by atoms with Crippen molar-refractivity contribution in [3.63, 3.8) is 0 Å². The van der Waals surface area contributed by atoms with Crippen LogP contribution in [0, 0.1) is 6.92 Å². The van der Waals surface area contributed by atoms with Crippen LogP contribution in [0.5, 0.6) is 0 Å². The number of nitrogens with zero attached hydrogens (tertiary/aromatic N) is 4. The zero-order chi connectivity index (χ0) is 16.5. The molecule has 2 aromatic rings. The Bertz CT molecular complexity index is 747. The smallest absolute Gasteiger partial charge is 0.410 e. The van der Waals surface area contributed by atoms with E-state index in [-0.39, 0.29) is 12.1 Å². The molecule has 6 nitrogen and oxygen atoms in total. The summed E-state index contributed by atoms with van der Waals surface area (Å²) in [4.78, 5) is 24.7. The van der Waals surface area contributed by atoms with Gasteiger partial charge in [0.05, 0.1) is 6.04 Å². The Morgan fingerprint density at radius 2 is 2.08 bits per heavy atom. The molecular formula is C18H20N4O2. The highest BCUT2D eigenvalue weighted by Crippen LogP contribution is 2.20. The van der Waals surface area contributed by atoms with Crippen molar-refractivity contribution in [2.45, 2.75) is 19.5 Å². The minimum atomic E-state index is -0.175. The van der Waals surface area contributed by atoms with Gasteiger partial charge in [-0.1, -0.05) is 23.8 Å². The van der Waals surface area contributed by atoms with Crippen molar-refractivity contribution in [1.82, 2.24) is 19.8 Å². The van der Waals surface area contributed by atoms with Gasteiger partial charge in [0.25, 0.3) is 0 Å². The molecule has 2 aliphatic rings. The third-order valence-corrected chi connectivity index (χ3v) is 4.59. The minimum Gasteiger partial charge on any atom is -0.447 e. The van der Waals surface area contributed by atoms with Gasteiger partial charge in [-0.2, -0.15) is 0 Å². The van der Waals surface area contributed by atoms with E-state index in [0.29, 0.717) is 6.61 Å². The number of cyclic esters (lactones) is 1. The summed E-state index contributed by atoms with van der Waals surface area (Å²) < 4.78 is 5.11. The fraction of sp³-hybridized carbons (Fsp3) is 0.389. The third-order valence-electron chi connectivity index (χ3n) is 4.59. The molecular weight excluding hydrogens is 304 g/mol. The lowest BCUT2D eigenvalue weighted by Gasteiger charge is -2.35. The SMILES string of the molecule is Cc1cccc(-c2ncc(CN3CCN4C(=O)OCC4C3)cn2)c1. The van der Waals surface area contributed by atoms with E-state index in [2.05, 4.69) is 33.9 Å². The number of carbonyl (C=O) groups is 1. The standard InChI is InChI=1S/C18H20N4O2/c1-13-3-2-4-15(7-13)17-19-8-14(9-20-17)10-21-5-6-22-16(11-21)12-24-18(22)23/h2-4,7-9,16H,5-6,10-12H2,1H3. The van der Waals surface area contributed by atoms with E-state index < -0.39 is 0 Å². The molecule has 1 aromatic heterocycles. The van der Waals surface area contributed by atoms with Crippen LogP contribution < -0.4 is 0 Å². The van der Waals surface area contributed by atoms with E-state index in [1.54, 1.807) is 0 Å². The molecule has 1 aromatic carbocycles. The second-order valence-electron chi connectivity index (χ2n) is 6.44. The van der Waals surface area contributed by atoms with E-state index in [1.807, 2.05) is 29.4 Å². The number of fused-ring (bicyclic) bond motifs is 1. The van der Waals surface area contributed by atoms with Crippen LogP contribution in [0.25, 0.3) is 11.4 Å². The van der Waals surface area contributed by atoms with E-state index in [9.17, 15) is 4.79 Å². The second kappa shape index (κ2) is 6.20. The summed E-state index contributed by atoms with van der Waals surface area (Å²) in [5, 5.41) is 0. The molecule has 3 heterocycles. The zero-order valence-corrected chi connectivity index (χ0v) is 13.7. The van der Waals surface area contributed by atoms with E-state index >= 15 is 0 Å². The molecule has 24 heavy (non-hydrogen) atoms. The normalized spacial score (nSPS) is 20.8. The Balaban J connectivity index is 1.42. The van der Waals surface area contributed by atoms with E-state index in [4.69, 9.17) is 4.74 Å². The van der Waals surface area contributed by atoms with Crippen LogP contribution in [0.2, 0.25) is 0 Å². The van der Waals surface area contributed by atoms with Crippen LogP contribution in [0.15, 0.2) is 36.7 Å². The van der Waals surface area contributed by atoms with Gasteiger partial charge in [0, 0.05) is 49.7 Å². The first-order valence-electron chi connectivity index (χ1n) is 8.23. The van der Waals surface area contributed by atoms with Gasteiger partial charge >= 0.3 is 6.09 Å². The maximum atomic E-state index is 11.5. The summed E-state index contributed by atoms with van der Waals surface area (Å²) in [7, 11) is 0. The van der Waals surface area contributed by atoms with Gasteiger partial charge in [0.15, 0.2) is 5.82 Å². The molecule has 0 radical (unpaired) electrons. The number of piperazine rings is 1. The van der Waals surface area contributed by atoms with Crippen molar-refractivity contribution in [2.24, 2.45) is 0 Å². The maximum Gasteiger partial charge on any atom is 0.410 e. The summed E-state index contributed by atoms with van der Waals surface area (Å²) >= 11 is 0. The molecule has 1 amide bonds. The molecule has 1 unspecified atom stereocenters. The number of aromatic nitrogens is 2. The number of hydrogen-bond donors (Lipinski definition) is 0. The van der Waals surface area contributed by atoms with Crippen molar-refractivity contribution < 1.29 is 9.53 Å². The highest BCUT2D eigenvalue weighted by Gasteiger charge is 2.37. The number of aryl methyl sites for hydroxylation is 1. The van der Waals surface area contributed by atoms with Crippen LogP contribution in [0.3, 0.4) is 0 Å². The number of amides is 1. The number of rotatable bonds is 3. The Kier molecular flexibility index (Phi) is 3.90. The minimum absolute atomic E-state index is 0.175. The van der Waals surface area contributed by atoms with Gasteiger partial charge in [-0.25, -0.2) is 14.8 Å².